The summed E-state index contributed by atoms with van der Waals surface area (Å²) in [7, 11) is 0. The summed E-state index contributed by atoms with van der Waals surface area (Å²) >= 11 is 0. The second-order valence-corrected chi connectivity index (χ2v) is 8.19. The minimum absolute atomic E-state index is 0.0729. The number of carbonyl (C=O) groups excluding carboxylic acids is 3. The molecule has 6 atom stereocenters. The van der Waals surface area contributed by atoms with Crippen molar-refractivity contribution in [2.45, 2.75) is 82.3 Å². The van der Waals surface area contributed by atoms with Gasteiger partial charge >= 0.3 is 5.97 Å². The highest BCUT2D eigenvalue weighted by Gasteiger charge is 2.33. The van der Waals surface area contributed by atoms with Crippen LogP contribution in [-0.4, -0.2) is 94.4 Å². The lowest BCUT2D eigenvalue weighted by molar-refractivity contribution is -0.146. The minimum Gasteiger partial charge on any atom is -0.480 e. The predicted molar refractivity (Wildman–Crippen MR) is 128 cm³/mol. The second-order valence-electron chi connectivity index (χ2n) is 8.19. The Bertz CT molecular complexity index is 728. The first-order valence-corrected chi connectivity index (χ1v) is 11.3. The number of nitrogens with one attached hydrogen (secondary N) is 3. The molecule has 0 aliphatic rings. The van der Waals surface area contributed by atoms with Crippen LogP contribution in [0, 0.1) is 0 Å². The van der Waals surface area contributed by atoms with Gasteiger partial charge in [-0.2, -0.15) is 0 Å². The quantitative estimate of drug-likeness (QED) is 0.0514. The number of amides is 3. The molecule has 14 N–H and O–H groups in total. The fourth-order valence-corrected chi connectivity index (χ4v) is 2.98. The Hall–Kier alpha value is -3.01. The van der Waals surface area contributed by atoms with E-state index in [9.17, 15) is 29.4 Å². The maximum atomic E-state index is 12.9. The van der Waals surface area contributed by atoms with Crippen LogP contribution in [0.5, 0.6) is 0 Å². The van der Waals surface area contributed by atoms with Crippen LogP contribution in [0.2, 0.25) is 0 Å². The molecular formula is C20H40N8O7. The Morgan fingerprint density at radius 2 is 1.40 bits per heavy atom. The number of hydrogen-bond acceptors (Lipinski definition) is 9. The first-order chi connectivity index (χ1) is 16.3. The second kappa shape index (κ2) is 16.6. The van der Waals surface area contributed by atoms with Crippen LogP contribution < -0.4 is 38.9 Å². The maximum absolute atomic E-state index is 12.9. The van der Waals surface area contributed by atoms with Crippen molar-refractivity contribution in [3.05, 3.63) is 0 Å². The van der Waals surface area contributed by atoms with Crippen molar-refractivity contribution in [1.29, 1.82) is 0 Å². The zero-order chi connectivity index (χ0) is 27.1. The lowest BCUT2D eigenvalue weighted by atomic mass is 10.1. The van der Waals surface area contributed by atoms with Gasteiger partial charge in [0.15, 0.2) is 12.0 Å². The van der Waals surface area contributed by atoms with Crippen molar-refractivity contribution < 1.29 is 34.5 Å². The van der Waals surface area contributed by atoms with Crippen LogP contribution in [0.4, 0.5) is 0 Å². The third-order valence-electron chi connectivity index (χ3n) is 4.99. The van der Waals surface area contributed by atoms with Crippen LogP contribution in [0.25, 0.3) is 0 Å². The number of carboxylic acids is 1. The zero-order valence-corrected chi connectivity index (χ0v) is 20.1. The summed E-state index contributed by atoms with van der Waals surface area (Å²) in [5, 5.41) is 35.6. The summed E-state index contributed by atoms with van der Waals surface area (Å²) in [5.74, 6) is -4.10. The summed E-state index contributed by atoms with van der Waals surface area (Å²) in [6.45, 7) is 2.99. The van der Waals surface area contributed by atoms with E-state index >= 15 is 0 Å². The Labute approximate surface area is 204 Å². The number of guanidine groups is 1. The number of unbranched alkanes of at least 4 members (excludes halogenated alkanes) is 1. The molecular weight excluding hydrogens is 464 g/mol. The zero-order valence-electron chi connectivity index (χ0n) is 20.1. The first-order valence-electron chi connectivity index (χ1n) is 11.3. The number of nitrogens with two attached hydrogens (primary N) is 4. The fraction of sp³-hybridized carbons (Fsp3) is 0.750. The lowest BCUT2D eigenvalue weighted by Crippen LogP contribution is -2.60. The molecule has 202 valence electrons. The molecule has 35 heavy (non-hydrogen) atoms. The highest BCUT2D eigenvalue weighted by atomic mass is 16.4. The molecule has 3 amide bonds. The monoisotopic (exact) mass is 504 g/mol. The Morgan fingerprint density at radius 1 is 0.829 bits per heavy atom. The topological polar surface area (TPSA) is 282 Å². The number of aliphatic carboxylic acids is 1. The first kappa shape index (κ1) is 32.0. The van der Waals surface area contributed by atoms with Gasteiger partial charge in [-0.25, -0.2) is 4.79 Å². The van der Waals surface area contributed by atoms with Crippen LogP contribution in [-0.2, 0) is 19.2 Å². The fourth-order valence-electron chi connectivity index (χ4n) is 2.98. The standard InChI is InChI=1S/C20H40N8O7/c1-10(29)14(18(33)28-15(11(2)30)19(34)35)27-17(32)13(7-5-9-25-20(23)24)26-16(31)12(22)6-3-4-8-21/h10-15,29-30H,3-9,21-22H2,1-2H3,(H,26,31)(H,27,32)(H,28,33)(H,34,35)(H4,23,24,25). The molecule has 0 saturated carbocycles. The normalized spacial score (nSPS) is 16.1. The van der Waals surface area contributed by atoms with Gasteiger partial charge in [-0.1, -0.05) is 6.42 Å². The van der Waals surface area contributed by atoms with Crippen molar-refractivity contribution in [1.82, 2.24) is 16.0 Å². The van der Waals surface area contributed by atoms with E-state index in [1.54, 1.807) is 0 Å². The number of aliphatic hydroxyl groups excluding tert-OH is 2. The Kier molecular flexibility index (Phi) is 15.2. The summed E-state index contributed by atoms with van der Waals surface area (Å²) in [6, 6.07) is -5.29. The highest BCUT2D eigenvalue weighted by Crippen LogP contribution is 2.05. The molecule has 0 aliphatic carbocycles. The summed E-state index contributed by atoms with van der Waals surface area (Å²) in [5.41, 5.74) is 21.9. The van der Waals surface area contributed by atoms with Crippen molar-refractivity contribution in [2.75, 3.05) is 13.1 Å². The number of aliphatic imine (C=N–C) groups is 1. The molecule has 15 nitrogen and oxygen atoms in total. The molecule has 0 aromatic rings. The Morgan fingerprint density at radius 3 is 1.89 bits per heavy atom. The molecule has 0 spiro atoms. The summed E-state index contributed by atoms with van der Waals surface area (Å²) in [4.78, 5) is 53.1. The van der Waals surface area contributed by atoms with Crippen molar-refractivity contribution in [3.63, 3.8) is 0 Å². The maximum Gasteiger partial charge on any atom is 0.328 e. The average molecular weight is 505 g/mol. The van der Waals surface area contributed by atoms with Gasteiger partial charge in [0.1, 0.15) is 12.1 Å². The number of nitrogens with zero attached hydrogens (tertiary/aromatic N) is 1. The smallest absolute Gasteiger partial charge is 0.328 e. The van der Waals surface area contributed by atoms with Gasteiger partial charge < -0.3 is 54.2 Å². The van der Waals surface area contributed by atoms with E-state index in [1.165, 1.54) is 6.92 Å². The molecule has 0 bridgehead atoms. The molecule has 0 fully saturated rings. The number of rotatable bonds is 17. The molecule has 15 heteroatoms. The molecule has 0 aromatic heterocycles. The van der Waals surface area contributed by atoms with Gasteiger partial charge in [-0.15, -0.1) is 0 Å². The van der Waals surface area contributed by atoms with Gasteiger partial charge in [0.25, 0.3) is 0 Å². The van der Waals surface area contributed by atoms with E-state index in [1.807, 2.05) is 0 Å². The van der Waals surface area contributed by atoms with Crippen LogP contribution >= 0.6 is 0 Å². The molecule has 6 unspecified atom stereocenters. The van der Waals surface area contributed by atoms with Crippen LogP contribution in [0.3, 0.4) is 0 Å². The average Bonchev–Trinajstić information content (AvgIpc) is 2.76. The van der Waals surface area contributed by atoms with Gasteiger partial charge in [0.2, 0.25) is 17.7 Å². The minimum atomic E-state index is -1.66. The van der Waals surface area contributed by atoms with Gasteiger partial charge in [-0.3, -0.25) is 19.4 Å². The molecule has 0 heterocycles. The largest absolute Gasteiger partial charge is 0.480 e. The third kappa shape index (κ3) is 12.9. The van der Waals surface area contributed by atoms with E-state index in [0.29, 0.717) is 25.8 Å². The van der Waals surface area contributed by atoms with Crippen LogP contribution in [0.15, 0.2) is 4.99 Å². The third-order valence-corrected chi connectivity index (χ3v) is 4.99. The van der Waals surface area contributed by atoms with Gasteiger partial charge in [0, 0.05) is 6.54 Å². The molecule has 0 aromatic carbocycles. The number of hydrogen-bond donors (Lipinski definition) is 10. The van der Waals surface area contributed by atoms with Crippen molar-refractivity contribution >= 4 is 29.7 Å². The van der Waals surface area contributed by atoms with Crippen LogP contribution in [0.1, 0.15) is 46.0 Å². The van der Waals surface area contributed by atoms with E-state index < -0.39 is 60.1 Å². The van der Waals surface area contributed by atoms with Crippen molar-refractivity contribution in [2.24, 2.45) is 27.9 Å². The van der Waals surface area contributed by atoms with Gasteiger partial charge in [0.05, 0.1) is 18.2 Å². The lowest BCUT2D eigenvalue weighted by Gasteiger charge is -2.27. The van der Waals surface area contributed by atoms with E-state index in [4.69, 9.17) is 28.0 Å². The molecule has 0 radical (unpaired) electrons. The van der Waals surface area contributed by atoms with E-state index in [0.717, 1.165) is 6.92 Å². The van der Waals surface area contributed by atoms with Crippen molar-refractivity contribution in [3.8, 4) is 0 Å². The number of carboxylic acid groups (broad SMARTS) is 1. The number of aliphatic hydroxyl groups is 2. The number of carbonyl (C=O) groups is 4. The SMILES string of the molecule is CC(O)C(NC(=O)C(NC(=O)C(CCCN=C(N)N)NC(=O)C(N)CCCCN)C(C)O)C(=O)O. The summed E-state index contributed by atoms with van der Waals surface area (Å²) < 4.78 is 0. The highest BCUT2D eigenvalue weighted by molar-refractivity contribution is 5.94. The van der Waals surface area contributed by atoms with E-state index in [-0.39, 0.29) is 25.3 Å². The molecule has 0 aliphatic heterocycles. The predicted octanol–water partition coefficient (Wildman–Crippen LogP) is -4.20. The van der Waals surface area contributed by atoms with Gasteiger partial charge in [-0.05, 0) is 46.1 Å². The van der Waals surface area contributed by atoms with E-state index in [2.05, 4.69) is 20.9 Å². The molecule has 0 rings (SSSR count). The Balaban J connectivity index is 5.47. The summed E-state index contributed by atoms with van der Waals surface area (Å²) in [6.07, 6.45) is -0.871. The molecule has 0 saturated heterocycles.